The highest BCUT2D eigenvalue weighted by molar-refractivity contribution is 9.10. The van der Waals surface area contributed by atoms with Gasteiger partial charge >= 0.3 is 6.03 Å². The van der Waals surface area contributed by atoms with Gasteiger partial charge in [-0.05, 0) is 35.4 Å². The van der Waals surface area contributed by atoms with E-state index >= 15 is 0 Å². The van der Waals surface area contributed by atoms with Crippen LogP contribution in [0.4, 0.5) is 19.3 Å². The molecule has 0 spiro atoms. The Kier molecular flexibility index (Phi) is 6.63. The molecule has 0 bridgehead atoms. The van der Waals surface area contributed by atoms with Crippen molar-refractivity contribution in [1.82, 2.24) is 9.80 Å². The Bertz CT molecular complexity index is 1040. The Morgan fingerprint density at radius 2 is 1.52 bits per heavy atom. The van der Waals surface area contributed by atoms with Gasteiger partial charge in [0.25, 0.3) is 0 Å². The molecule has 1 unspecified atom stereocenters. The van der Waals surface area contributed by atoms with Crippen molar-refractivity contribution in [3.63, 3.8) is 0 Å². The minimum Gasteiger partial charge on any atom is -0.322 e. The molecule has 2 amide bonds. The van der Waals surface area contributed by atoms with Crippen LogP contribution in [0, 0.1) is 11.6 Å². The second-order valence-electron chi connectivity index (χ2n) is 7.44. The number of carbonyl (C=O) groups is 1. The van der Waals surface area contributed by atoms with Crippen molar-refractivity contribution in [2.24, 2.45) is 0 Å². The summed E-state index contributed by atoms with van der Waals surface area (Å²) in [5, 5.41) is 2.54. The molecule has 7 heteroatoms. The Morgan fingerprint density at radius 3 is 2.16 bits per heavy atom. The summed E-state index contributed by atoms with van der Waals surface area (Å²) < 4.78 is 28.0. The van der Waals surface area contributed by atoms with Gasteiger partial charge in [0.15, 0.2) is 0 Å². The molecule has 4 rings (SSSR count). The van der Waals surface area contributed by atoms with Gasteiger partial charge in [-0.15, -0.1) is 0 Å². The standard InChI is InChI=1S/C24H22BrF2N3O/c25-19-8-6-18(7-9-19)23(17-4-2-1-3-5-17)29-12-14-30(15-13-29)24(31)28-22-11-10-20(26)16-21(22)27/h1-11,16,23H,12-15H2,(H,28,31). The zero-order valence-electron chi connectivity index (χ0n) is 16.8. The van der Waals surface area contributed by atoms with Crippen LogP contribution in [0.25, 0.3) is 0 Å². The molecule has 160 valence electrons. The molecular weight excluding hydrogens is 464 g/mol. The number of hydrogen-bond acceptors (Lipinski definition) is 2. The van der Waals surface area contributed by atoms with Gasteiger partial charge < -0.3 is 10.2 Å². The van der Waals surface area contributed by atoms with Crippen molar-refractivity contribution in [1.29, 1.82) is 0 Å². The monoisotopic (exact) mass is 485 g/mol. The van der Waals surface area contributed by atoms with Crippen LogP contribution in [0.15, 0.2) is 77.3 Å². The first-order valence-electron chi connectivity index (χ1n) is 10.1. The second kappa shape index (κ2) is 9.58. The minimum atomic E-state index is -0.786. The summed E-state index contributed by atoms with van der Waals surface area (Å²) in [5.41, 5.74) is 2.35. The van der Waals surface area contributed by atoms with Gasteiger partial charge in [-0.1, -0.05) is 58.4 Å². The van der Waals surface area contributed by atoms with Crippen LogP contribution in [-0.2, 0) is 0 Å². The Balaban J connectivity index is 1.46. The number of halogens is 3. The summed E-state index contributed by atoms with van der Waals surface area (Å²) in [6.07, 6.45) is 0. The third-order valence-corrected chi connectivity index (χ3v) is 5.97. The summed E-state index contributed by atoms with van der Waals surface area (Å²) in [6, 6.07) is 21.4. The molecule has 0 saturated carbocycles. The van der Waals surface area contributed by atoms with E-state index in [0.717, 1.165) is 16.6 Å². The second-order valence-corrected chi connectivity index (χ2v) is 8.36. The van der Waals surface area contributed by atoms with Crippen molar-refractivity contribution >= 4 is 27.6 Å². The topological polar surface area (TPSA) is 35.6 Å². The van der Waals surface area contributed by atoms with Crippen LogP contribution in [0.5, 0.6) is 0 Å². The van der Waals surface area contributed by atoms with E-state index < -0.39 is 11.6 Å². The molecule has 1 heterocycles. The number of carbonyl (C=O) groups excluding carboxylic acids is 1. The highest BCUT2D eigenvalue weighted by atomic mass is 79.9. The number of anilines is 1. The first kappa shape index (κ1) is 21.5. The zero-order chi connectivity index (χ0) is 21.8. The molecular formula is C24H22BrF2N3O. The maximum atomic E-state index is 13.9. The van der Waals surface area contributed by atoms with E-state index in [-0.39, 0.29) is 17.8 Å². The van der Waals surface area contributed by atoms with Crippen LogP contribution < -0.4 is 5.32 Å². The summed E-state index contributed by atoms with van der Waals surface area (Å²) in [4.78, 5) is 16.6. The largest absolute Gasteiger partial charge is 0.322 e. The SMILES string of the molecule is O=C(Nc1ccc(F)cc1F)N1CCN(C(c2ccccc2)c2ccc(Br)cc2)CC1. The van der Waals surface area contributed by atoms with Crippen LogP contribution in [0.2, 0.25) is 0 Å². The number of rotatable bonds is 4. The maximum Gasteiger partial charge on any atom is 0.322 e. The van der Waals surface area contributed by atoms with E-state index in [1.165, 1.54) is 17.2 Å². The Labute approximate surface area is 188 Å². The number of nitrogens with one attached hydrogen (secondary N) is 1. The fourth-order valence-electron chi connectivity index (χ4n) is 3.86. The summed E-state index contributed by atoms with van der Waals surface area (Å²) in [6.45, 7) is 2.37. The van der Waals surface area contributed by atoms with E-state index in [0.29, 0.717) is 26.2 Å². The Hall–Kier alpha value is -2.77. The van der Waals surface area contributed by atoms with Gasteiger partial charge in [0.05, 0.1) is 11.7 Å². The van der Waals surface area contributed by atoms with Crippen LogP contribution in [0.3, 0.4) is 0 Å². The number of piperazine rings is 1. The smallest absolute Gasteiger partial charge is 0.322 e. The van der Waals surface area contributed by atoms with Crippen molar-refractivity contribution in [2.75, 3.05) is 31.5 Å². The quantitative estimate of drug-likeness (QED) is 0.516. The zero-order valence-corrected chi connectivity index (χ0v) is 18.4. The first-order chi connectivity index (χ1) is 15.0. The first-order valence-corrected chi connectivity index (χ1v) is 10.9. The molecule has 1 atom stereocenters. The van der Waals surface area contributed by atoms with Gasteiger partial charge in [0.2, 0.25) is 0 Å². The van der Waals surface area contributed by atoms with Crippen molar-refractivity contribution < 1.29 is 13.6 Å². The highest BCUT2D eigenvalue weighted by Crippen LogP contribution is 2.30. The predicted molar refractivity (Wildman–Crippen MR) is 121 cm³/mol. The molecule has 1 saturated heterocycles. The van der Waals surface area contributed by atoms with Crippen LogP contribution >= 0.6 is 15.9 Å². The molecule has 4 nitrogen and oxygen atoms in total. The molecule has 3 aromatic carbocycles. The molecule has 3 aromatic rings. The molecule has 0 aromatic heterocycles. The minimum absolute atomic E-state index is 0.0224. The van der Waals surface area contributed by atoms with E-state index in [2.05, 4.69) is 50.4 Å². The summed E-state index contributed by atoms with van der Waals surface area (Å²) in [7, 11) is 0. The molecule has 1 aliphatic rings. The third kappa shape index (κ3) is 5.11. The lowest BCUT2D eigenvalue weighted by Gasteiger charge is -2.39. The van der Waals surface area contributed by atoms with Gasteiger partial charge in [0, 0.05) is 36.7 Å². The van der Waals surface area contributed by atoms with Gasteiger partial charge in [-0.25, -0.2) is 13.6 Å². The van der Waals surface area contributed by atoms with E-state index in [1.807, 2.05) is 30.3 Å². The summed E-state index contributed by atoms with van der Waals surface area (Å²) >= 11 is 3.49. The van der Waals surface area contributed by atoms with Gasteiger partial charge in [-0.2, -0.15) is 0 Å². The van der Waals surface area contributed by atoms with Crippen molar-refractivity contribution in [2.45, 2.75) is 6.04 Å². The van der Waals surface area contributed by atoms with Crippen molar-refractivity contribution in [3.05, 3.63) is 100 Å². The van der Waals surface area contributed by atoms with E-state index in [1.54, 1.807) is 4.90 Å². The third-order valence-electron chi connectivity index (χ3n) is 5.44. The van der Waals surface area contributed by atoms with Crippen LogP contribution in [-0.4, -0.2) is 42.0 Å². The normalized spacial score (nSPS) is 15.5. The molecule has 0 radical (unpaired) electrons. The Morgan fingerprint density at radius 1 is 0.871 bits per heavy atom. The molecule has 1 N–H and O–H groups in total. The summed E-state index contributed by atoms with van der Waals surface area (Å²) in [5.74, 6) is -1.46. The molecule has 1 fully saturated rings. The predicted octanol–water partition coefficient (Wildman–Crippen LogP) is 5.67. The van der Waals surface area contributed by atoms with E-state index in [9.17, 15) is 13.6 Å². The van der Waals surface area contributed by atoms with Gasteiger partial charge in [0.1, 0.15) is 11.6 Å². The fourth-order valence-corrected chi connectivity index (χ4v) is 4.13. The van der Waals surface area contributed by atoms with Crippen LogP contribution in [0.1, 0.15) is 17.2 Å². The average molecular weight is 486 g/mol. The number of hydrogen-bond donors (Lipinski definition) is 1. The highest BCUT2D eigenvalue weighted by Gasteiger charge is 2.28. The average Bonchev–Trinajstić information content (AvgIpc) is 2.78. The van der Waals surface area contributed by atoms with Gasteiger partial charge in [-0.3, -0.25) is 4.90 Å². The molecule has 1 aliphatic heterocycles. The molecule has 31 heavy (non-hydrogen) atoms. The number of nitrogens with zero attached hydrogens (tertiary/aromatic N) is 2. The molecule has 0 aliphatic carbocycles. The lowest BCUT2D eigenvalue weighted by molar-refractivity contribution is 0.126. The fraction of sp³-hybridized carbons (Fsp3) is 0.208. The number of amides is 2. The number of urea groups is 1. The van der Waals surface area contributed by atoms with E-state index in [4.69, 9.17) is 0 Å². The van der Waals surface area contributed by atoms with Crippen molar-refractivity contribution in [3.8, 4) is 0 Å². The lowest BCUT2D eigenvalue weighted by atomic mass is 9.96. The lowest BCUT2D eigenvalue weighted by Crippen LogP contribution is -2.51. The maximum absolute atomic E-state index is 13.9. The number of benzene rings is 3.